The van der Waals surface area contributed by atoms with E-state index in [1.54, 1.807) is 44.0 Å². The van der Waals surface area contributed by atoms with E-state index in [1.807, 2.05) is 38.1 Å². The second kappa shape index (κ2) is 13.6. The van der Waals surface area contributed by atoms with Crippen molar-refractivity contribution in [2.75, 3.05) is 33.3 Å². The molecule has 1 fully saturated rings. The third-order valence-corrected chi connectivity index (χ3v) is 7.78. The van der Waals surface area contributed by atoms with Crippen molar-refractivity contribution in [2.24, 2.45) is 5.92 Å². The maximum atomic E-state index is 13.6. The van der Waals surface area contributed by atoms with Crippen LogP contribution in [0.15, 0.2) is 57.7 Å². The fourth-order valence-corrected chi connectivity index (χ4v) is 5.57. The molecule has 1 aromatic heterocycles. The summed E-state index contributed by atoms with van der Waals surface area (Å²) in [6, 6.07) is 13.3. The average molecular weight is 618 g/mol. The van der Waals surface area contributed by atoms with Crippen molar-refractivity contribution >= 4 is 17.7 Å². The summed E-state index contributed by atoms with van der Waals surface area (Å²) in [5.74, 6) is 1.03. The van der Waals surface area contributed by atoms with Crippen LogP contribution in [0, 0.1) is 19.8 Å². The topological polar surface area (TPSA) is 128 Å². The minimum Gasteiger partial charge on any atom is -0.493 e. The molecule has 3 heterocycles. The van der Waals surface area contributed by atoms with Crippen LogP contribution in [0.4, 0.5) is 0 Å². The van der Waals surface area contributed by atoms with Crippen LogP contribution in [-0.2, 0) is 16.1 Å². The number of fused-ring (bicyclic) bond motifs is 5. The van der Waals surface area contributed by atoms with Crippen LogP contribution in [0.3, 0.4) is 0 Å². The number of nitrogens with zero attached hydrogens (tertiary/aromatic N) is 2. The quantitative estimate of drug-likeness (QED) is 0.464. The van der Waals surface area contributed by atoms with E-state index in [9.17, 15) is 19.2 Å². The zero-order valence-electron chi connectivity index (χ0n) is 26.3. The lowest BCUT2D eigenvalue weighted by Gasteiger charge is -2.39. The molecular formula is C34H39N3O8. The molecule has 0 radical (unpaired) electrons. The molecule has 4 bridgehead atoms. The Bertz CT molecular complexity index is 1620. The molecule has 2 atom stereocenters. The molecule has 11 nitrogen and oxygen atoms in total. The van der Waals surface area contributed by atoms with Crippen molar-refractivity contribution < 1.29 is 33.0 Å². The highest BCUT2D eigenvalue weighted by Crippen LogP contribution is 2.30. The van der Waals surface area contributed by atoms with Crippen molar-refractivity contribution in [2.45, 2.75) is 52.9 Å². The molecule has 11 heteroatoms. The monoisotopic (exact) mass is 617 g/mol. The van der Waals surface area contributed by atoms with E-state index in [2.05, 4.69) is 5.32 Å². The highest BCUT2D eigenvalue weighted by molar-refractivity contribution is 5.97. The molecule has 2 aliphatic rings. The lowest BCUT2D eigenvalue weighted by atomic mass is 9.99. The Labute approximate surface area is 262 Å². The first-order valence-electron chi connectivity index (χ1n) is 15.1. The lowest BCUT2D eigenvalue weighted by Crippen LogP contribution is -2.57. The minimum absolute atomic E-state index is 0.182. The number of carbonyl (C=O) groups excluding carboxylic acids is 3. The van der Waals surface area contributed by atoms with E-state index in [1.165, 1.54) is 11.0 Å². The third-order valence-electron chi connectivity index (χ3n) is 7.78. The van der Waals surface area contributed by atoms with Crippen LogP contribution >= 0.6 is 0 Å². The molecule has 238 valence electrons. The first-order chi connectivity index (χ1) is 21.5. The molecule has 5 rings (SSSR count). The molecule has 3 aromatic rings. The number of rotatable bonds is 4. The number of piperidine rings is 1. The number of carbonyl (C=O) groups is 3. The first-order valence-corrected chi connectivity index (χ1v) is 15.1. The summed E-state index contributed by atoms with van der Waals surface area (Å²) in [6.07, 6.45) is -0.119. The van der Waals surface area contributed by atoms with Gasteiger partial charge >= 0.3 is 5.63 Å². The number of likely N-dealkylation sites (tertiary alicyclic amines) is 1. The Morgan fingerprint density at radius 2 is 1.87 bits per heavy atom. The molecule has 1 saturated heterocycles. The Morgan fingerprint density at radius 3 is 2.62 bits per heavy atom. The summed E-state index contributed by atoms with van der Waals surface area (Å²) in [4.78, 5) is 55.0. The minimum atomic E-state index is -0.546. The predicted molar refractivity (Wildman–Crippen MR) is 166 cm³/mol. The highest BCUT2D eigenvalue weighted by Gasteiger charge is 2.35. The first kappa shape index (κ1) is 31.8. The van der Waals surface area contributed by atoms with Gasteiger partial charge in [0.05, 0.1) is 37.5 Å². The van der Waals surface area contributed by atoms with Crippen LogP contribution in [0.2, 0.25) is 0 Å². The Balaban J connectivity index is 1.43. The van der Waals surface area contributed by atoms with Gasteiger partial charge in [0.15, 0.2) is 0 Å². The van der Waals surface area contributed by atoms with Gasteiger partial charge in [-0.05, 0) is 61.6 Å². The second-order valence-electron chi connectivity index (χ2n) is 12.1. The van der Waals surface area contributed by atoms with Gasteiger partial charge in [0, 0.05) is 37.8 Å². The number of aryl methyl sites for hydroxylation is 2. The number of likely N-dealkylation sites (N-methyl/N-ethyl adjacent to an activating group) is 1. The van der Waals surface area contributed by atoms with Crippen LogP contribution in [-0.4, -0.2) is 73.0 Å². The number of ether oxygens (including phenoxy) is 3. The molecular weight excluding hydrogens is 578 g/mol. The van der Waals surface area contributed by atoms with E-state index in [-0.39, 0.29) is 49.1 Å². The van der Waals surface area contributed by atoms with Crippen LogP contribution in [0.1, 0.15) is 57.9 Å². The summed E-state index contributed by atoms with van der Waals surface area (Å²) in [6.45, 7) is 8.42. The van der Waals surface area contributed by atoms with Gasteiger partial charge in [-0.2, -0.15) is 0 Å². The van der Waals surface area contributed by atoms with Crippen LogP contribution < -0.4 is 20.4 Å². The van der Waals surface area contributed by atoms with E-state index in [4.69, 9.17) is 18.6 Å². The molecule has 2 aromatic carbocycles. The van der Waals surface area contributed by atoms with Crippen molar-refractivity contribution in [3.63, 3.8) is 0 Å². The summed E-state index contributed by atoms with van der Waals surface area (Å²) < 4.78 is 23.7. The van der Waals surface area contributed by atoms with Gasteiger partial charge in [-0.15, -0.1) is 0 Å². The fourth-order valence-electron chi connectivity index (χ4n) is 5.57. The van der Waals surface area contributed by atoms with Crippen LogP contribution in [0.5, 0.6) is 17.2 Å². The smallest absolute Gasteiger partial charge is 0.336 e. The SMILES string of the molecule is Cc1cc(=O)oc(C)c1C(=O)N1CC[C@@H]2NC(=O)CN(C)C(=O)c3cc(OCC(C)C)cc(c3)Oc3cccc(c3)CO[C@H]2C1. The van der Waals surface area contributed by atoms with Crippen molar-refractivity contribution in [1.29, 1.82) is 0 Å². The number of amides is 3. The van der Waals surface area contributed by atoms with E-state index >= 15 is 0 Å². The van der Waals surface area contributed by atoms with Gasteiger partial charge in [0.25, 0.3) is 11.8 Å². The Morgan fingerprint density at radius 1 is 1.07 bits per heavy atom. The summed E-state index contributed by atoms with van der Waals surface area (Å²) >= 11 is 0. The van der Waals surface area contributed by atoms with Gasteiger partial charge in [-0.25, -0.2) is 4.79 Å². The molecule has 0 saturated carbocycles. The van der Waals surface area contributed by atoms with Gasteiger partial charge < -0.3 is 33.7 Å². The maximum Gasteiger partial charge on any atom is 0.336 e. The largest absolute Gasteiger partial charge is 0.493 e. The van der Waals surface area contributed by atoms with Gasteiger partial charge in [0.1, 0.15) is 23.0 Å². The number of nitrogens with one attached hydrogen (secondary N) is 1. The van der Waals surface area contributed by atoms with Gasteiger partial charge in [-0.3, -0.25) is 14.4 Å². The van der Waals surface area contributed by atoms with Crippen molar-refractivity contribution in [3.8, 4) is 17.2 Å². The zero-order chi connectivity index (χ0) is 32.2. The second-order valence-corrected chi connectivity index (χ2v) is 12.1. The highest BCUT2D eigenvalue weighted by atomic mass is 16.5. The molecule has 0 unspecified atom stereocenters. The van der Waals surface area contributed by atoms with E-state index < -0.39 is 17.8 Å². The van der Waals surface area contributed by atoms with E-state index in [0.29, 0.717) is 53.5 Å². The van der Waals surface area contributed by atoms with Gasteiger partial charge in [-0.1, -0.05) is 26.0 Å². The molecule has 1 N–H and O–H groups in total. The predicted octanol–water partition coefficient (Wildman–Crippen LogP) is 4.09. The molecule has 3 amide bonds. The molecule has 2 aliphatic heterocycles. The third kappa shape index (κ3) is 7.72. The number of hydrogen-bond acceptors (Lipinski definition) is 8. The van der Waals surface area contributed by atoms with Crippen molar-refractivity contribution in [3.05, 3.63) is 87.0 Å². The van der Waals surface area contributed by atoms with Crippen LogP contribution in [0.25, 0.3) is 0 Å². The normalized spacial score (nSPS) is 19.1. The summed E-state index contributed by atoms with van der Waals surface area (Å²) in [7, 11) is 1.56. The molecule has 45 heavy (non-hydrogen) atoms. The standard InChI is InChI=1S/C34H39N3O8/c1-20(2)18-42-26-13-24-14-27(15-26)45-25-8-6-7-23(12-25)19-43-29-16-37(34(41)32-21(3)11-31(39)44-22(32)4)10-9-28(29)35-30(38)17-36(5)33(24)40/h6-8,11-15,20,28-29H,9-10,16-19H2,1-5H3,(H,35,38)/t28-,29-/m0/s1. The molecule has 0 aliphatic carbocycles. The fraction of sp³-hybridized carbons (Fsp3) is 0.412. The van der Waals surface area contributed by atoms with E-state index in [0.717, 1.165) is 5.56 Å². The average Bonchev–Trinajstić information content (AvgIpc) is 2.98. The van der Waals surface area contributed by atoms with Gasteiger partial charge in [0.2, 0.25) is 5.91 Å². The Hall–Kier alpha value is -4.64. The zero-order valence-corrected chi connectivity index (χ0v) is 26.3. The summed E-state index contributed by atoms with van der Waals surface area (Å²) in [5, 5.41) is 3.03. The van der Waals surface area contributed by atoms with Crippen molar-refractivity contribution in [1.82, 2.24) is 15.1 Å². The number of hydrogen-bond donors (Lipinski definition) is 1. The lowest BCUT2D eigenvalue weighted by molar-refractivity contribution is -0.124. The number of benzene rings is 2. The Kier molecular flexibility index (Phi) is 9.57. The molecule has 0 spiro atoms. The maximum absolute atomic E-state index is 13.6. The summed E-state index contributed by atoms with van der Waals surface area (Å²) in [5.41, 5.74) is 1.53.